The van der Waals surface area contributed by atoms with Crippen LogP contribution < -0.4 is 4.72 Å². The Morgan fingerprint density at radius 2 is 2.08 bits per heavy atom. The van der Waals surface area contributed by atoms with Gasteiger partial charge in [0, 0.05) is 0 Å². The van der Waals surface area contributed by atoms with E-state index in [1.165, 1.54) is 0 Å². The van der Waals surface area contributed by atoms with E-state index in [4.69, 9.17) is 0 Å². The van der Waals surface area contributed by atoms with Gasteiger partial charge in [-0.3, -0.25) is 0 Å². The van der Waals surface area contributed by atoms with Gasteiger partial charge >= 0.3 is 0 Å². The van der Waals surface area contributed by atoms with Gasteiger partial charge in [-0.05, 0) is 19.1 Å². The van der Waals surface area contributed by atoms with E-state index < -0.39 is 10.0 Å². The monoisotopic (exact) mass is 201 g/mol. The minimum Gasteiger partial charge on any atom is -0.213 e. The molecule has 72 valence electrons. The lowest BCUT2D eigenvalue weighted by atomic mass is 10.3. The Labute approximate surface area is 77.2 Å². The Balaban J connectivity index is 2.61. The number of aryl methyl sites for hydroxylation is 1. The van der Waals surface area contributed by atoms with Crippen molar-refractivity contribution < 1.29 is 8.42 Å². The first-order valence-electron chi connectivity index (χ1n) is 3.71. The van der Waals surface area contributed by atoms with E-state index in [1.807, 2.05) is 6.92 Å². The second-order valence-electron chi connectivity index (χ2n) is 2.76. The number of hydrogen-bond donors (Lipinski definition) is 1. The maximum Gasteiger partial charge on any atom is 0.209 e. The van der Waals surface area contributed by atoms with Gasteiger partial charge in [-0.15, -0.1) is 0 Å². The first-order chi connectivity index (χ1) is 5.97. The molecule has 1 heterocycles. The number of nitrogens with zero attached hydrogens (tertiary/aromatic N) is 2. The number of hydrogen-bond acceptors (Lipinski definition) is 4. The van der Waals surface area contributed by atoms with Gasteiger partial charge in [-0.25, -0.2) is 13.1 Å². The quantitative estimate of drug-likeness (QED) is 0.737. The van der Waals surface area contributed by atoms with Crippen molar-refractivity contribution in [1.29, 1.82) is 0 Å². The average Bonchev–Trinajstić information content (AvgIpc) is 2.02. The van der Waals surface area contributed by atoms with Crippen LogP contribution in [0.15, 0.2) is 12.1 Å². The van der Waals surface area contributed by atoms with Gasteiger partial charge in [0.05, 0.1) is 24.2 Å². The predicted octanol–water partition coefficient (Wildman–Crippen LogP) is -0.166. The van der Waals surface area contributed by atoms with Crippen LogP contribution in [0, 0.1) is 6.92 Å². The normalized spacial score (nSPS) is 11.5. The number of aromatic nitrogens is 2. The van der Waals surface area contributed by atoms with Crippen molar-refractivity contribution in [3.05, 3.63) is 23.5 Å². The second-order valence-corrected chi connectivity index (χ2v) is 4.59. The third-order valence-electron chi connectivity index (χ3n) is 1.37. The molecule has 0 amide bonds. The van der Waals surface area contributed by atoms with Crippen molar-refractivity contribution in [3.8, 4) is 0 Å². The molecular formula is C7H11N3O2S. The molecule has 0 fully saturated rings. The van der Waals surface area contributed by atoms with Crippen LogP contribution in [0.5, 0.6) is 0 Å². The molecule has 0 aromatic carbocycles. The van der Waals surface area contributed by atoms with E-state index in [9.17, 15) is 8.42 Å². The zero-order valence-electron chi connectivity index (χ0n) is 7.48. The van der Waals surface area contributed by atoms with Gasteiger partial charge in [0.1, 0.15) is 0 Å². The zero-order valence-corrected chi connectivity index (χ0v) is 8.30. The molecule has 0 atom stereocenters. The third kappa shape index (κ3) is 3.95. The first kappa shape index (κ1) is 10.1. The Hall–Kier alpha value is -1.01. The number of rotatable bonds is 3. The fourth-order valence-corrected chi connectivity index (χ4v) is 1.14. The lowest BCUT2D eigenvalue weighted by Crippen LogP contribution is -2.21. The van der Waals surface area contributed by atoms with Crippen molar-refractivity contribution in [3.63, 3.8) is 0 Å². The highest BCUT2D eigenvalue weighted by Gasteiger charge is 2.01. The highest BCUT2D eigenvalue weighted by Crippen LogP contribution is 1.94. The van der Waals surface area contributed by atoms with Crippen molar-refractivity contribution in [2.75, 3.05) is 6.26 Å². The molecule has 0 aliphatic rings. The van der Waals surface area contributed by atoms with Crippen molar-refractivity contribution in [2.24, 2.45) is 0 Å². The fourth-order valence-electron chi connectivity index (χ4n) is 0.726. The molecule has 1 rings (SSSR count). The summed E-state index contributed by atoms with van der Waals surface area (Å²) in [7, 11) is -3.15. The summed E-state index contributed by atoms with van der Waals surface area (Å²) in [6.45, 7) is 2.01. The first-order valence-corrected chi connectivity index (χ1v) is 5.60. The highest BCUT2D eigenvalue weighted by molar-refractivity contribution is 7.88. The smallest absolute Gasteiger partial charge is 0.209 e. The molecule has 0 spiro atoms. The van der Waals surface area contributed by atoms with Crippen LogP contribution in [0.4, 0.5) is 0 Å². The van der Waals surface area contributed by atoms with E-state index in [1.54, 1.807) is 12.1 Å². The minimum atomic E-state index is -3.15. The van der Waals surface area contributed by atoms with Crippen LogP contribution in [-0.4, -0.2) is 24.9 Å². The predicted molar refractivity (Wildman–Crippen MR) is 48.5 cm³/mol. The van der Waals surface area contributed by atoms with Gasteiger partial charge in [-0.2, -0.15) is 10.2 Å². The largest absolute Gasteiger partial charge is 0.213 e. The Bertz CT molecular complexity index is 371. The highest BCUT2D eigenvalue weighted by atomic mass is 32.2. The lowest BCUT2D eigenvalue weighted by molar-refractivity contribution is 0.586. The SMILES string of the molecule is Cc1ccc(CNS(C)(=O)=O)nn1. The van der Waals surface area contributed by atoms with Gasteiger partial charge in [-0.1, -0.05) is 0 Å². The molecule has 0 aliphatic carbocycles. The number of sulfonamides is 1. The van der Waals surface area contributed by atoms with Crippen LogP contribution in [-0.2, 0) is 16.6 Å². The molecule has 13 heavy (non-hydrogen) atoms. The Kier molecular flexibility index (Phi) is 2.94. The van der Waals surface area contributed by atoms with Crippen LogP contribution in [0.25, 0.3) is 0 Å². The molecule has 0 bridgehead atoms. The molecule has 5 nitrogen and oxygen atoms in total. The van der Waals surface area contributed by atoms with Crippen molar-refractivity contribution in [2.45, 2.75) is 13.5 Å². The molecule has 1 aromatic heterocycles. The van der Waals surface area contributed by atoms with Gasteiger partial charge in [0.2, 0.25) is 10.0 Å². The van der Waals surface area contributed by atoms with Crippen LogP contribution in [0.1, 0.15) is 11.4 Å². The summed E-state index contributed by atoms with van der Waals surface area (Å²) >= 11 is 0. The van der Waals surface area contributed by atoms with Gasteiger partial charge in [0.15, 0.2) is 0 Å². The summed E-state index contributed by atoms with van der Waals surface area (Å²) in [6.07, 6.45) is 1.11. The summed E-state index contributed by atoms with van der Waals surface area (Å²) in [5, 5.41) is 7.60. The molecule has 0 aliphatic heterocycles. The topological polar surface area (TPSA) is 72.0 Å². The van der Waals surface area contributed by atoms with Crippen molar-refractivity contribution >= 4 is 10.0 Å². The molecule has 1 N–H and O–H groups in total. The Morgan fingerprint density at radius 3 is 2.54 bits per heavy atom. The summed E-state index contributed by atoms with van der Waals surface area (Å²) in [5.74, 6) is 0. The number of nitrogens with one attached hydrogen (secondary N) is 1. The van der Waals surface area contributed by atoms with Crippen molar-refractivity contribution in [1.82, 2.24) is 14.9 Å². The third-order valence-corrected chi connectivity index (χ3v) is 2.04. The van der Waals surface area contributed by atoms with E-state index in [0.717, 1.165) is 11.9 Å². The summed E-state index contributed by atoms with van der Waals surface area (Å²) < 4.78 is 23.8. The van der Waals surface area contributed by atoms with E-state index in [2.05, 4.69) is 14.9 Å². The van der Waals surface area contributed by atoms with Gasteiger partial charge < -0.3 is 0 Å². The van der Waals surface area contributed by atoms with E-state index in [-0.39, 0.29) is 6.54 Å². The molecule has 6 heteroatoms. The summed E-state index contributed by atoms with van der Waals surface area (Å²) in [6, 6.07) is 3.52. The van der Waals surface area contributed by atoms with Crippen LogP contribution in [0.2, 0.25) is 0 Å². The lowest BCUT2D eigenvalue weighted by Gasteiger charge is -2.00. The summed E-state index contributed by atoms with van der Waals surface area (Å²) in [5.41, 5.74) is 1.42. The van der Waals surface area contributed by atoms with Crippen LogP contribution in [0.3, 0.4) is 0 Å². The standard InChI is InChI=1S/C7H11N3O2S/c1-6-3-4-7(10-9-6)5-8-13(2,11)12/h3-4,8H,5H2,1-2H3. The zero-order chi connectivity index (χ0) is 9.90. The molecule has 0 radical (unpaired) electrons. The molecule has 0 unspecified atom stereocenters. The molecular weight excluding hydrogens is 190 g/mol. The maximum atomic E-state index is 10.7. The van der Waals surface area contributed by atoms with E-state index >= 15 is 0 Å². The Morgan fingerprint density at radius 1 is 1.38 bits per heavy atom. The van der Waals surface area contributed by atoms with Crippen LogP contribution >= 0.6 is 0 Å². The summed E-state index contributed by atoms with van der Waals surface area (Å²) in [4.78, 5) is 0. The molecule has 0 saturated heterocycles. The fraction of sp³-hybridized carbons (Fsp3) is 0.429. The van der Waals surface area contributed by atoms with Gasteiger partial charge in [0.25, 0.3) is 0 Å². The maximum absolute atomic E-state index is 10.7. The molecule has 1 aromatic rings. The van der Waals surface area contributed by atoms with E-state index in [0.29, 0.717) is 5.69 Å². The molecule has 0 saturated carbocycles. The average molecular weight is 201 g/mol. The minimum absolute atomic E-state index is 0.187. The second kappa shape index (κ2) is 3.80.